The Hall–Kier alpha value is -4.17. The van der Waals surface area contributed by atoms with Crippen molar-refractivity contribution in [2.45, 2.75) is 19.9 Å². The third kappa shape index (κ3) is 4.43. The summed E-state index contributed by atoms with van der Waals surface area (Å²) in [4.78, 5) is 32.4. The number of thiazole rings is 1. The molecule has 7 nitrogen and oxygen atoms in total. The molecule has 0 saturated carbocycles. The summed E-state index contributed by atoms with van der Waals surface area (Å²) in [5, 5.41) is 0. The van der Waals surface area contributed by atoms with Gasteiger partial charge in [0, 0.05) is 11.6 Å². The first kappa shape index (κ1) is 23.6. The van der Waals surface area contributed by atoms with E-state index in [9.17, 15) is 9.59 Å². The summed E-state index contributed by atoms with van der Waals surface area (Å²) in [5.41, 5.74) is 2.04. The predicted octanol–water partition coefficient (Wildman–Crippen LogP) is 3.93. The number of esters is 1. The summed E-state index contributed by atoms with van der Waals surface area (Å²) in [7, 11) is 0. The van der Waals surface area contributed by atoms with Crippen LogP contribution >= 0.6 is 11.3 Å². The molecule has 0 fully saturated rings. The highest BCUT2D eigenvalue weighted by atomic mass is 32.1. The minimum atomic E-state index is -0.732. The average Bonchev–Trinajstić information content (AvgIpc) is 3.52. The van der Waals surface area contributed by atoms with E-state index in [0.29, 0.717) is 38.7 Å². The van der Waals surface area contributed by atoms with E-state index in [1.54, 1.807) is 36.0 Å². The van der Waals surface area contributed by atoms with Gasteiger partial charge in [-0.3, -0.25) is 9.36 Å². The Morgan fingerprint density at radius 2 is 1.83 bits per heavy atom. The molecule has 0 bridgehead atoms. The Kier molecular flexibility index (Phi) is 6.69. The molecule has 8 heteroatoms. The van der Waals surface area contributed by atoms with Gasteiger partial charge in [-0.2, -0.15) is 0 Å². The fraction of sp³-hybridized carbons (Fsp3) is 0.179. The highest BCUT2D eigenvalue weighted by Crippen LogP contribution is 2.35. The molecule has 36 heavy (non-hydrogen) atoms. The van der Waals surface area contributed by atoms with Gasteiger partial charge in [-0.15, -0.1) is 0 Å². The second-order valence-electron chi connectivity index (χ2n) is 7.95. The second kappa shape index (κ2) is 10.2. The number of carbonyl (C=O) groups excluding carboxylic acids is 1. The molecule has 1 aliphatic rings. The van der Waals surface area contributed by atoms with E-state index >= 15 is 0 Å². The van der Waals surface area contributed by atoms with Crippen molar-refractivity contribution in [3.8, 4) is 5.75 Å². The van der Waals surface area contributed by atoms with Crippen molar-refractivity contribution < 1.29 is 18.7 Å². The van der Waals surface area contributed by atoms with E-state index in [1.165, 1.54) is 11.3 Å². The minimum absolute atomic E-state index is 0.198. The monoisotopic (exact) mass is 500 g/mol. The highest BCUT2D eigenvalue weighted by Gasteiger charge is 2.35. The third-order valence-corrected chi connectivity index (χ3v) is 6.68. The number of nitrogens with zero attached hydrogens (tertiary/aromatic N) is 2. The fourth-order valence-electron chi connectivity index (χ4n) is 4.17. The van der Waals surface area contributed by atoms with Crippen molar-refractivity contribution in [1.82, 2.24) is 4.57 Å². The number of carbonyl (C=O) groups is 1. The van der Waals surface area contributed by atoms with E-state index in [4.69, 9.17) is 18.9 Å². The van der Waals surface area contributed by atoms with Gasteiger partial charge >= 0.3 is 5.97 Å². The molecule has 3 heterocycles. The van der Waals surface area contributed by atoms with Crippen molar-refractivity contribution >= 4 is 29.1 Å². The molecule has 4 aromatic rings. The van der Waals surface area contributed by atoms with Crippen LogP contribution in [-0.4, -0.2) is 23.8 Å². The molecule has 0 amide bonds. The van der Waals surface area contributed by atoms with E-state index in [1.807, 2.05) is 61.5 Å². The Morgan fingerprint density at radius 1 is 1.06 bits per heavy atom. The summed E-state index contributed by atoms with van der Waals surface area (Å²) in [6.07, 6.45) is 3.24. The molecular formula is C28H24N2O5S. The molecular weight excluding hydrogens is 476 g/mol. The Bertz CT molecular complexity index is 1580. The summed E-state index contributed by atoms with van der Waals surface area (Å²) >= 11 is 1.25. The highest BCUT2D eigenvalue weighted by molar-refractivity contribution is 7.07. The van der Waals surface area contributed by atoms with E-state index < -0.39 is 12.0 Å². The van der Waals surface area contributed by atoms with Gasteiger partial charge in [-0.05, 0) is 43.7 Å². The minimum Gasteiger partial charge on any atom is -0.494 e. The zero-order valence-electron chi connectivity index (χ0n) is 19.8. The van der Waals surface area contributed by atoms with Gasteiger partial charge in [0.1, 0.15) is 11.5 Å². The summed E-state index contributed by atoms with van der Waals surface area (Å²) in [6.45, 7) is 4.40. The van der Waals surface area contributed by atoms with Crippen molar-refractivity contribution in [1.29, 1.82) is 0 Å². The SMILES string of the molecule is CCOC(=O)C1=C(c2ccccc2)N=c2s/c(=C\c3ccco3)c(=O)n2[C@@H]1c1ccc(OCC)cc1. The number of aromatic nitrogens is 1. The Morgan fingerprint density at radius 3 is 2.50 bits per heavy atom. The van der Waals surface area contributed by atoms with Crippen LogP contribution in [0, 0.1) is 0 Å². The Labute approximate surface area is 211 Å². The van der Waals surface area contributed by atoms with E-state index in [2.05, 4.69) is 0 Å². The number of furan rings is 1. The van der Waals surface area contributed by atoms with Crippen LogP contribution in [0.25, 0.3) is 11.8 Å². The van der Waals surface area contributed by atoms with Gasteiger partial charge in [0.15, 0.2) is 4.80 Å². The molecule has 0 saturated heterocycles. The van der Waals surface area contributed by atoms with Gasteiger partial charge in [0.2, 0.25) is 0 Å². The van der Waals surface area contributed by atoms with Crippen LogP contribution < -0.4 is 19.6 Å². The number of fused-ring (bicyclic) bond motifs is 1. The lowest BCUT2D eigenvalue weighted by atomic mass is 9.93. The summed E-state index contributed by atoms with van der Waals surface area (Å²) in [6, 6.07) is 19.7. The van der Waals surface area contributed by atoms with Crippen LogP contribution in [0.4, 0.5) is 0 Å². The van der Waals surface area contributed by atoms with Crippen molar-refractivity contribution in [3.05, 3.63) is 115 Å². The van der Waals surface area contributed by atoms with Gasteiger partial charge in [0.25, 0.3) is 5.56 Å². The smallest absolute Gasteiger partial charge is 0.338 e. The van der Waals surface area contributed by atoms with Crippen molar-refractivity contribution in [2.75, 3.05) is 13.2 Å². The average molecular weight is 501 g/mol. The topological polar surface area (TPSA) is 83.0 Å². The van der Waals surface area contributed by atoms with Crippen molar-refractivity contribution in [2.24, 2.45) is 4.99 Å². The largest absolute Gasteiger partial charge is 0.494 e. The lowest BCUT2D eigenvalue weighted by molar-refractivity contribution is -0.138. The molecule has 0 aliphatic carbocycles. The summed E-state index contributed by atoms with van der Waals surface area (Å²) < 4.78 is 18.5. The number of rotatable bonds is 7. The van der Waals surface area contributed by atoms with Gasteiger partial charge in [-0.1, -0.05) is 53.8 Å². The lowest BCUT2D eigenvalue weighted by Crippen LogP contribution is -2.40. The molecule has 0 spiro atoms. The fourth-order valence-corrected chi connectivity index (χ4v) is 5.15. The van der Waals surface area contributed by atoms with Crippen molar-refractivity contribution in [3.63, 3.8) is 0 Å². The first-order valence-electron chi connectivity index (χ1n) is 11.7. The van der Waals surface area contributed by atoms with Gasteiger partial charge in [0.05, 0.1) is 41.3 Å². The third-order valence-electron chi connectivity index (χ3n) is 5.70. The van der Waals surface area contributed by atoms with Crippen LogP contribution in [0.1, 0.15) is 36.8 Å². The quantitative estimate of drug-likeness (QED) is 0.359. The van der Waals surface area contributed by atoms with Crippen LogP contribution in [0.3, 0.4) is 0 Å². The maximum Gasteiger partial charge on any atom is 0.338 e. The second-order valence-corrected chi connectivity index (χ2v) is 8.96. The number of ether oxygens (including phenoxy) is 2. The van der Waals surface area contributed by atoms with Crippen LogP contribution in [0.15, 0.2) is 92.8 Å². The lowest BCUT2D eigenvalue weighted by Gasteiger charge is -2.26. The van der Waals surface area contributed by atoms with Gasteiger partial charge in [-0.25, -0.2) is 9.79 Å². The van der Waals surface area contributed by atoms with Crippen LogP contribution in [0.2, 0.25) is 0 Å². The van der Waals surface area contributed by atoms with Crippen LogP contribution in [-0.2, 0) is 9.53 Å². The standard InChI is InChI=1S/C28H24N2O5S/c1-3-33-20-14-12-19(13-15-20)25-23(27(32)34-4-2)24(18-9-6-5-7-10-18)29-28-30(25)26(31)22(36-28)17-21-11-8-16-35-21/h5-17,25H,3-4H2,1-2H3/b22-17-/t25-/m1/s1. The molecule has 0 unspecified atom stereocenters. The molecule has 5 rings (SSSR count). The first-order valence-corrected chi connectivity index (χ1v) is 12.5. The maximum absolute atomic E-state index is 13.7. The molecule has 2 aromatic heterocycles. The summed E-state index contributed by atoms with van der Waals surface area (Å²) in [5.74, 6) is 0.751. The zero-order chi connectivity index (χ0) is 25.1. The molecule has 0 N–H and O–H groups in total. The van der Waals surface area contributed by atoms with Crippen LogP contribution in [0.5, 0.6) is 5.75 Å². The van der Waals surface area contributed by atoms with Gasteiger partial charge < -0.3 is 13.9 Å². The molecule has 2 aromatic carbocycles. The number of hydrogen-bond donors (Lipinski definition) is 0. The zero-order valence-corrected chi connectivity index (χ0v) is 20.7. The number of hydrogen-bond acceptors (Lipinski definition) is 7. The molecule has 1 aliphatic heterocycles. The number of benzene rings is 2. The normalized spacial score (nSPS) is 15.4. The molecule has 0 radical (unpaired) electrons. The molecule has 1 atom stereocenters. The Balaban J connectivity index is 1.80. The first-order chi connectivity index (χ1) is 17.6. The predicted molar refractivity (Wildman–Crippen MR) is 137 cm³/mol. The maximum atomic E-state index is 13.7. The van der Waals surface area contributed by atoms with E-state index in [0.717, 1.165) is 11.1 Å². The molecule has 182 valence electrons. The van der Waals surface area contributed by atoms with E-state index in [-0.39, 0.29) is 12.2 Å².